The average Bonchev–Trinajstić information content (AvgIpc) is 2.96. The molecule has 0 saturated heterocycles. The van der Waals surface area contributed by atoms with Crippen molar-refractivity contribution in [3.05, 3.63) is 82.2 Å². The lowest BCUT2D eigenvalue weighted by Gasteiger charge is -2.01. The summed E-state index contributed by atoms with van der Waals surface area (Å²) in [5.41, 5.74) is 1.86. The standard InChI is InChI=1S/C19H11BrN2O2/c20-15-8-14(10-21-11-15)18-22-17(19(23)24-18)9-13-6-3-5-12-4-1-2-7-16(12)13/h1-11H. The molecular weight excluding hydrogens is 368 g/mol. The van der Waals surface area contributed by atoms with E-state index in [1.165, 1.54) is 0 Å². The Labute approximate surface area is 146 Å². The number of cyclic esters (lactones) is 1. The molecule has 0 unspecified atom stereocenters. The molecule has 0 fully saturated rings. The molecule has 0 aliphatic carbocycles. The third kappa shape index (κ3) is 2.74. The van der Waals surface area contributed by atoms with Crippen LogP contribution in [0, 0.1) is 0 Å². The third-order valence-electron chi connectivity index (χ3n) is 3.69. The number of hydrogen-bond acceptors (Lipinski definition) is 4. The predicted octanol–water partition coefficient (Wildman–Crippen LogP) is 4.34. The highest BCUT2D eigenvalue weighted by molar-refractivity contribution is 9.10. The van der Waals surface area contributed by atoms with Gasteiger partial charge in [-0.25, -0.2) is 9.79 Å². The number of halogens is 1. The molecule has 116 valence electrons. The molecule has 4 nitrogen and oxygen atoms in total. The maximum atomic E-state index is 12.1. The van der Waals surface area contributed by atoms with Gasteiger partial charge in [0, 0.05) is 16.9 Å². The summed E-state index contributed by atoms with van der Waals surface area (Å²) in [6.07, 6.45) is 5.02. The largest absolute Gasteiger partial charge is 0.402 e. The second-order valence-corrected chi connectivity index (χ2v) is 6.21. The summed E-state index contributed by atoms with van der Waals surface area (Å²) in [5.74, 6) is -0.196. The zero-order valence-corrected chi connectivity index (χ0v) is 14.0. The van der Waals surface area contributed by atoms with Gasteiger partial charge in [0.2, 0.25) is 5.90 Å². The lowest BCUT2D eigenvalue weighted by molar-refractivity contribution is -0.129. The van der Waals surface area contributed by atoms with Gasteiger partial charge in [0.15, 0.2) is 5.70 Å². The minimum atomic E-state index is -0.460. The minimum absolute atomic E-state index is 0.264. The minimum Gasteiger partial charge on any atom is -0.402 e. The molecule has 1 aliphatic heterocycles. The SMILES string of the molecule is O=C1OC(c2cncc(Br)c2)=NC1=Cc1cccc2ccccc12. The third-order valence-corrected chi connectivity index (χ3v) is 4.12. The van der Waals surface area contributed by atoms with E-state index in [9.17, 15) is 4.79 Å². The van der Waals surface area contributed by atoms with Gasteiger partial charge < -0.3 is 4.74 Å². The van der Waals surface area contributed by atoms with Crippen molar-refractivity contribution in [2.75, 3.05) is 0 Å². The van der Waals surface area contributed by atoms with E-state index in [1.54, 1.807) is 24.5 Å². The predicted molar refractivity (Wildman–Crippen MR) is 96.5 cm³/mol. The summed E-state index contributed by atoms with van der Waals surface area (Å²) in [5, 5.41) is 2.17. The molecular formula is C19H11BrN2O2. The van der Waals surface area contributed by atoms with Crippen LogP contribution in [0.4, 0.5) is 0 Å². The molecule has 2 heterocycles. The van der Waals surface area contributed by atoms with E-state index in [0.29, 0.717) is 5.56 Å². The molecule has 1 aliphatic rings. The number of carbonyl (C=O) groups excluding carboxylic acids is 1. The van der Waals surface area contributed by atoms with E-state index in [4.69, 9.17) is 4.74 Å². The van der Waals surface area contributed by atoms with Gasteiger partial charge in [-0.2, -0.15) is 0 Å². The van der Waals surface area contributed by atoms with E-state index >= 15 is 0 Å². The van der Waals surface area contributed by atoms with E-state index in [0.717, 1.165) is 20.8 Å². The highest BCUT2D eigenvalue weighted by atomic mass is 79.9. The molecule has 0 bridgehead atoms. The Hall–Kier alpha value is -2.79. The zero-order chi connectivity index (χ0) is 16.5. The molecule has 4 rings (SSSR count). The second kappa shape index (κ2) is 6.02. The maximum Gasteiger partial charge on any atom is 0.363 e. The van der Waals surface area contributed by atoms with Crippen LogP contribution in [0.25, 0.3) is 16.8 Å². The fourth-order valence-corrected chi connectivity index (χ4v) is 2.95. The van der Waals surface area contributed by atoms with Crippen molar-refractivity contribution in [1.82, 2.24) is 4.98 Å². The van der Waals surface area contributed by atoms with Crippen LogP contribution in [0.5, 0.6) is 0 Å². The maximum absolute atomic E-state index is 12.1. The van der Waals surface area contributed by atoms with Crippen molar-refractivity contribution < 1.29 is 9.53 Å². The topological polar surface area (TPSA) is 51.5 Å². The Bertz CT molecular complexity index is 1020. The number of aliphatic imine (C=N–C) groups is 1. The van der Waals surface area contributed by atoms with Crippen LogP contribution >= 0.6 is 15.9 Å². The molecule has 24 heavy (non-hydrogen) atoms. The number of fused-ring (bicyclic) bond motifs is 1. The van der Waals surface area contributed by atoms with Crippen LogP contribution in [-0.4, -0.2) is 16.9 Å². The molecule has 2 aromatic carbocycles. The normalized spacial score (nSPS) is 15.6. The first kappa shape index (κ1) is 14.8. The van der Waals surface area contributed by atoms with Crippen molar-refractivity contribution in [3.8, 4) is 0 Å². The molecule has 0 saturated carbocycles. The van der Waals surface area contributed by atoms with E-state index in [-0.39, 0.29) is 11.6 Å². The smallest absolute Gasteiger partial charge is 0.363 e. The summed E-state index contributed by atoms with van der Waals surface area (Å²) in [4.78, 5) is 20.5. The van der Waals surface area contributed by atoms with Gasteiger partial charge in [0.1, 0.15) is 0 Å². The molecule has 0 amide bonds. The van der Waals surface area contributed by atoms with Gasteiger partial charge in [-0.3, -0.25) is 4.98 Å². The van der Waals surface area contributed by atoms with Crippen molar-refractivity contribution in [2.24, 2.45) is 4.99 Å². The fourth-order valence-electron chi connectivity index (χ4n) is 2.59. The Kier molecular flexibility index (Phi) is 3.70. The fraction of sp³-hybridized carbons (Fsp3) is 0. The number of pyridine rings is 1. The van der Waals surface area contributed by atoms with Gasteiger partial charge in [0.05, 0.1) is 5.56 Å². The highest BCUT2D eigenvalue weighted by Gasteiger charge is 2.24. The van der Waals surface area contributed by atoms with Gasteiger partial charge in [0.25, 0.3) is 0 Å². The molecule has 3 aromatic rings. The number of aromatic nitrogens is 1. The summed E-state index contributed by atoms with van der Waals surface area (Å²) in [6.45, 7) is 0. The van der Waals surface area contributed by atoms with Gasteiger partial charge in [-0.15, -0.1) is 0 Å². The van der Waals surface area contributed by atoms with Crippen LogP contribution < -0.4 is 0 Å². The quantitative estimate of drug-likeness (QED) is 0.492. The van der Waals surface area contributed by atoms with Crippen LogP contribution in [-0.2, 0) is 9.53 Å². The highest BCUT2D eigenvalue weighted by Crippen LogP contribution is 2.24. The van der Waals surface area contributed by atoms with E-state index in [1.807, 2.05) is 42.5 Å². The van der Waals surface area contributed by atoms with Crippen LogP contribution in [0.1, 0.15) is 11.1 Å². The first-order valence-corrected chi connectivity index (χ1v) is 8.11. The first-order valence-electron chi connectivity index (χ1n) is 7.32. The number of hydrogen-bond donors (Lipinski definition) is 0. The summed E-state index contributed by atoms with van der Waals surface area (Å²) in [7, 11) is 0. The second-order valence-electron chi connectivity index (χ2n) is 5.30. The monoisotopic (exact) mass is 378 g/mol. The first-order chi connectivity index (χ1) is 11.7. The van der Waals surface area contributed by atoms with Gasteiger partial charge >= 0.3 is 5.97 Å². The number of ether oxygens (including phenoxy) is 1. The number of rotatable bonds is 2. The van der Waals surface area contributed by atoms with Crippen molar-refractivity contribution in [3.63, 3.8) is 0 Å². The lowest BCUT2D eigenvalue weighted by Crippen LogP contribution is -2.05. The van der Waals surface area contributed by atoms with E-state index < -0.39 is 5.97 Å². The number of benzene rings is 2. The Balaban J connectivity index is 1.78. The molecule has 0 spiro atoms. The summed E-state index contributed by atoms with van der Waals surface area (Å²) < 4.78 is 6.08. The van der Waals surface area contributed by atoms with E-state index in [2.05, 4.69) is 25.9 Å². The number of nitrogens with zero attached hydrogens (tertiary/aromatic N) is 2. The molecule has 5 heteroatoms. The molecule has 0 atom stereocenters. The zero-order valence-electron chi connectivity index (χ0n) is 12.4. The summed E-state index contributed by atoms with van der Waals surface area (Å²) in [6, 6.07) is 15.8. The number of esters is 1. The Morgan fingerprint density at radius 1 is 1.04 bits per heavy atom. The molecule has 1 aromatic heterocycles. The van der Waals surface area contributed by atoms with Crippen LogP contribution in [0.15, 0.2) is 76.1 Å². The lowest BCUT2D eigenvalue weighted by atomic mass is 10.0. The van der Waals surface area contributed by atoms with Crippen LogP contribution in [0.3, 0.4) is 0 Å². The average molecular weight is 379 g/mol. The van der Waals surface area contributed by atoms with Crippen molar-refractivity contribution >= 4 is 44.6 Å². The van der Waals surface area contributed by atoms with Gasteiger partial charge in [-0.05, 0) is 44.4 Å². The Morgan fingerprint density at radius 2 is 1.88 bits per heavy atom. The van der Waals surface area contributed by atoms with Crippen molar-refractivity contribution in [1.29, 1.82) is 0 Å². The van der Waals surface area contributed by atoms with Gasteiger partial charge in [-0.1, -0.05) is 42.5 Å². The number of carbonyl (C=O) groups is 1. The summed E-state index contributed by atoms with van der Waals surface area (Å²) >= 11 is 3.35. The Morgan fingerprint density at radius 3 is 2.75 bits per heavy atom. The molecule has 0 radical (unpaired) electrons. The van der Waals surface area contributed by atoms with Crippen LogP contribution in [0.2, 0.25) is 0 Å². The van der Waals surface area contributed by atoms with Crippen molar-refractivity contribution in [2.45, 2.75) is 0 Å². The molecule has 0 N–H and O–H groups in total.